The summed E-state index contributed by atoms with van der Waals surface area (Å²) < 4.78 is 0. The third-order valence-corrected chi connectivity index (χ3v) is 4.69. The molecule has 2 saturated heterocycles. The standard InChI is InChI=1S/C16H25N3O/c20-13-14-4-5-16(17-12-14)19-10-6-15(7-11-19)18-8-2-1-3-9-18/h4-5,12,15,20H,1-3,6-11,13H2. The van der Waals surface area contributed by atoms with Gasteiger partial charge in [-0.25, -0.2) is 4.98 Å². The molecule has 3 rings (SSSR count). The molecular formula is C16H25N3O. The summed E-state index contributed by atoms with van der Waals surface area (Å²) in [5.41, 5.74) is 0.886. The molecule has 2 aliphatic rings. The van der Waals surface area contributed by atoms with Crippen molar-refractivity contribution in [3.05, 3.63) is 23.9 Å². The summed E-state index contributed by atoms with van der Waals surface area (Å²) >= 11 is 0. The fourth-order valence-electron chi connectivity index (χ4n) is 3.44. The van der Waals surface area contributed by atoms with Gasteiger partial charge in [0.05, 0.1) is 6.61 Å². The van der Waals surface area contributed by atoms with Crippen LogP contribution in [0.25, 0.3) is 0 Å². The van der Waals surface area contributed by atoms with Gasteiger partial charge < -0.3 is 14.9 Å². The summed E-state index contributed by atoms with van der Waals surface area (Å²) in [7, 11) is 0. The highest BCUT2D eigenvalue weighted by atomic mass is 16.3. The molecule has 1 aromatic rings. The fraction of sp³-hybridized carbons (Fsp3) is 0.688. The van der Waals surface area contributed by atoms with Crippen LogP contribution in [0.1, 0.15) is 37.7 Å². The number of hydrogen-bond acceptors (Lipinski definition) is 4. The molecule has 0 unspecified atom stereocenters. The Hall–Kier alpha value is -1.13. The summed E-state index contributed by atoms with van der Waals surface area (Å²) in [6.45, 7) is 4.88. The van der Waals surface area contributed by atoms with E-state index in [2.05, 4.69) is 14.8 Å². The van der Waals surface area contributed by atoms with Crippen LogP contribution in [0, 0.1) is 0 Å². The lowest BCUT2D eigenvalue weighted by atomic mass is 10.00. The number of hydrogen-bond donors (Lipinski definition) is 1. The van der Waals surface area contributed by atoms with Gasteiger partial charge in [0, 0.05) is 25.3 Å². The smallest absolute Gasteiger partial charge is 0.128 e. The van der Waals surface area contributed by atoms with Crippen LogP contribution in [0.15, 0.2) is 18.3 Å². The molecule has 0 spiro atoms. The zero-order valence-corrected chi connectivity index (χ0v) is 12.2. The van der Waals surface area contributed by atoms with Gasteiger partial charge in [-0.2, -0.15) is 0 Å². The number of aliphatic hydroxyl groups excluding tert-OH is 1. The van der Waals surface area contributed by atoms with E-state index in [4.69, 9.17) is 5.11 Å². The van der Waals surface area contributed by atoms with Crippen molar-refractivity contribution in [3.63, 3.8) is 0 Å². The van der Waals surface area contributed by atoms with Gasteiger partial charge in [-0.1, -0.05) is 12.5 Å². The van der Waals surface area contributed by atoms with Crippen LogP contribution in [0.4, 0.5) is 5.82 Å². The Labute approximate surface area is 121 Å². The number of anilines is 1. The third-order valence-electron chi connectivity index (χ3n) is 4.69. The highest BCUT2D eigenvalue weighted by molar-refractivity contribution is 5.39. The maximum Gasteiger partial charge on any atom is 0.128 e. The number of likely N-dealkylation sites (tertiary alicyclic amines) is 1. The van der Waals surface area contributed by atoms with E-state index in [1.54, 1.807) is 6.20 Å². The van der Waals surface area contributed by atoms with Gasteiger partial charge in [0.15, 0.2) is 0 Å². The minimum Gasteiger partial charge on any atom is -0.392 e. The molecule has 1 N–H and O–H groups in total. The van der Waals surface area contributed by atoms with Gasteiger partial charge in [0.1, 0.15) is 5.82 Å². The molecule has 0 bridgehead atoms. The van der Waals surface area contributed by atoms with E-state index >= 15 is 0 Å². The summed E-state index contributed by atoms with van der Waals surface area (Å²) in [4.78, 5) is 9.54. The first kappa shape index (κ1) is 13.8. The largest absolute Gasteiger partial charge is 0.392 e. The molecule has 0 aliphatic carbocycles. The lowest BCUT2D eigenvalue weighted by Gasteiger charge is -2.40. The first-order valence-corrected chi connectivity index (χ1v) is 7.91. The van der Waals surface area contributed by atoms with Crippen LogP contribution >= 0.6 is 0 Å². The lowest BCUT2D eigenvalue weighted by Crippen LogP contribution is -2.46. The van der Waals surface area contributed by atoms with Crippen molar-refractivity contribution in [3.8, 4) is 0 Å². The van der Waals surface area contributed by atoms with E-state index in [0.717, 1.165) is 30.5 Å². The summed E-state index contributed by atoms with van der Waals surface area (Å²) in [5, 5.41) is 9.06. The lowest BCUT2D eigenvalue weighted by molar-refractivity contribution is 0.141. The van der Waals surface area contributed by atoms with Crippen molar-refractivity contribution in [1.29, 1.82) is 0 Å². The average molecular weight is 275 g/mol. The highest BCUT2D eigenvalue weighted by Gasteiger charge is 2.25. The van der Waals surface area contributed by atoms with Crippen LogP contribution in [0.3, 0.4) is 0 Å². The molecule has 0 radical (unpaired) electrons. The monoisotopic (exact) mass is 275 g/mol. The predicted octanol–water partition coefficient (Wildman–Crippen LogP) is 2.03. The van der Waals surface area contributed by atoms with E-state index in [1.807, 2.05) is 12.1 Å². The van der Waals surface area contributed by atoms with Gasteiger partial charge in [-0.05, 0) is 50.4 Å². The first-order valence-electron chi connectivity index (χ1n) is 7.91. The summed E-state index contributed by atoms with van der Waals surface area (Å²) in [6.07, 6.45) is 8.46. The molecule has 0 aromatic carbocycles. The number of piperidine rings is 2. The molecule has 110 valence electrons. The number of aromatic nitrogens is 1. The minimum absolute atomic E-state index is 0.0737. The van der Waals surface area contributed by atoms with Gasteiger partial charge >= 0.3 is 0 Å². The van der Waals surface area contributed by atoms with E-state index in [0.29, 0.717) is 0 Å². The minimum atomic E-state index is 0.0737. The Morgan fingerprint density at radius 3 is 2.40 bits per heavy atom. The Balaban J connectivity index is 1.54. The normalized spacial score (nSPS) is 22.1. The third kappa shape index (κ3) is 3.13. The Morgan fingerprint density at radius 2 is 1.80 bits per heavy atom. The van der Waals surface area contributed by atoms with E-state index in [1.165, 1.54) is 45.2 Å². The SMILES string of the molecule is OCc1ccc(N2CCC(N3CCCCC3)CC2)nc1. The van der Waals surface area contributed by atoms with E-state index in [-0.39, 0.29) is 6.61 Å². The summed E-state index contributed by atoms with van der Waals surface area (Å²) in [5.74, 6) is 1.05. The van der Waals surface area contributed by atoms with Crippen LogP contribution in [-0.4, -0.2) is 47.2 Å². The van der Waals surface area contributed by atoms with Gasteiger partial charge in [0.2, 0.25) is 0 Å². The van der Waals surface area contributed by atoms with Gasteiger partial charge in [-0.15, -0.1) is 0 Å². The molecule has 20 heavy (non-hydrogen) atoms. The quantitative estimate of drug-likeness (QED) is 0.916. The molecule has 0 amide bonds. The molecule has 2 aliphatic heterocycles. The van der Waals surface area contributed by atoms with Gasteiger partial charge in [-0.3, -0.25) is 0 Å². The number of pyridine rings is 1. The Bertz CT molecular complexity index is 406. The second-order valence-corrected chi connectivity index (χ2v) is 6.00. The molecule has 4 nitrogen and oxygen atoms in total. The van der Waals surface area contributed by atoms with Crippen LogP contribution in [-0.2, 0) is 6.61 Å². The second-order valence-electron chi connectivity index (χ2n) is 6.00. The van der Waals surface area contributed by atoms with Crippen molar-refractivity contribution in [2.75, 3.05) is 31.1 Å². The molecule has 0 atom stereocenters. The van der Waals surface area contributed by atoms with Crippen molar-refractivity contribution in [2.24, 2.45) is 0 Å². The molecule has 4 heteroatoms. The van der Waals surface area contributed by atoms with Crippen molar-refractivity contribution >= 4 is 5.82 Å². The maximum atomic E-state index is 9.06. The molecular weight excluding hydrogens is 250 g/mol. The average Bonchev–Trinajstić information content (AvgIpc) is 2.56. The molecule has 0 saturated carbocycles. The zero-order valence-electron chi connectivity index (χ0n) is 12.2. The maximum absolute atomic E-state index is 9.06. The Kier molecular flexibility index (Phi) is 4.53. The second kappa shape index (κ2) is 6.55. The highest BCUT2D eigenvalue weighted by Crippen LogP contribution is 2.23. The predicted molar refractivity (Wildman–Crippen MR) is 80.8 cm³/mol. The molecule has 2 fully saturated rings. The molecule has 3 heterocycles. The Morgan fingerprint density at radius 1 is 1.05 bits per heavy atom. The first-order chi connectivity index (χ1) is 9.86. The van der Waals surface area contributed by atoms with E-state index < -0.39 is 0 Å². The number of aliphatic hydroxyl groups is 1. The van der Waals surface area contributed by atoms with Crippen LogP contribution in [0.2, 0.25) is 0 Å². The molecule has 1 aromatic heterocycles. The number of nitrogens with zero attached hydrogens (tertiary/aromatic N) is 3. The number of rotatable bonds is 3. The van der Waals surface area contributed by atoms with Crippen molar-refractivity contribution in [2.45, 2.75) is 44.8 Å². The fourth-order valence-corrected chi connectivity index (χ4v) is 3.44. The zero-order chi connectivity index (χ0) is 13.8. The van der Waals surface area contributed by atoms with E-state index in [9.17, 15) is 0 Å². The van der Waals surface area contributed by atoms with Crippen LogP contribution in [0.5, 0.6) is 0 Å². The van der Waals surface area contributed by atoms with Crippen molar-refractivity contribution < 1.29 is 5.11 Å². The topological polar surface area (TPSA) is 39.6 Å². The van der Waals surface area contributed by atoms with Gasteiger partial charge in [0.25, 0.3) is 0 Å². The van der Waals surface area contributed by atoms with Crippen LogP contribution < -0.4 is 4.90 Å². The van der Waals surface area contributed by atoms with Crippen molar-refractivity contribution in [1.82, 2.24) is 9.88 Å². The summed E-state index contributed by atoms with van der Waals surface area (Å²) in [6, 6.07) is 4.79.